The number of nitro benzene ring substituents is 1. The minimum absolute atomic E-state index is 0.0243. The van der Waals surface area contributed by atoms with E-state index in [-0.39, 0.29) is 24.0 Å². The molecule has 0 saturated carbocycles. The maximum atomic E-state index is 12.2. The standard InChI is InChI=1S/C17H17BrN2O5/c1-19(10-12-3-5-13(18)6-4-12)17(21)11-25-16-8-7-14(24-2)9-15(16)20(22)23/h3-9H,10-11H2,1-2H3. The lowest BCUT2D eigenvalue weighted by Crippen LogP contribution is -2.31. The summed E-state index contributed by atoms with van der Waals surface area (Å²) in [5.74, 6) is 0.0851. The summed E-state index contributed by atoms with van der Waals surface area (Å²) in [4.78, 5) is 24.2. The van der Waals surface area contributed by atoms with Crippen LogP contribution in [-0.2, 0) is 11.3 Å². The first-order valence-electron chi connectivity index (χ1n) is 7.34. The summed E-state index contributed by atoms with van der Waals surface area (Å²) in [6.45, 7) is 0.125. The van der Waals surface area contributed by atoms with Crippen LogP contribution in [0, 0.1) is 10.1 Å². The van der Waals surface area contributed by atoms with E-state index in [1.807, 2.05) is 24.3 Å². The summed E-state index contributed by atoms with van der Waals surface area (Å²) in [7, 11) is 3.07. The summed E-state index contributed by atoms with van der Waals surface area (Å²) in [5, 5.41) is 11.1. The molecule has 0 N–H and O–H groups in total. The molecule has 2 aromatic carbocycles. The number of methoxy groups -OCH3 is 1. The van der Waals surface area contributed by atoms with Crippen LogP contribution in [0.2, 0.25) is 0 Å². The van der Waals surface area contributed by atoms with Gasteiger partial charge in [-0.2, -0.15) is 0 Å². The smallest absolute Gasteiger partial charge is 0.314 e. The highest BCUT2D eigenvalue weighted by Crippen LogP contribution is 2.31. The zero-order valence-corrected chi connectivity index (χ0v) is 15.4. The zero-order chi connectivity index (χ0) is 18.4. The maximum Gasteiger partial charge on any atom is 0.314 e. The first-order valence-corrected chi connectivity index (χ1v) is 8.13. The van der Waals surface area contributed by atoms with E-state index in [2.05, 4.69) is 15.9 Å². The van der Waals surface area contributed by atoms with Gasteiger partial charge in [0, 0.05) is 18.1 Å². The van der Waals surface area contributed by atoms with E-state index in [1.54, 1.807) is 13.1 Å². The van der Waals surface area contributed by atoms with Crippen LogP contribution in [0.5, 0.6) is 11.5 Å². The van der Waals surface area contributed by atoms with Gasteiger partial charge in [-0.1, -0.05) is 28.1 Å². The highest BCUT2D eigenvalue weighted by atomic mass is 79.9. The van der Waals surface area contributed by atoms with Crippen molar-refractivity contribution < 1.29 is 19.2 Å². The molecule has 1 amide bonds. The molecule has 2 rings (SSSR count). The highest BCUT2D eigenvalue weighted by molar-refractivity contribution is 9.10. The third-order valence-corrected chi connectivity index (χ3v) is 4.00. The number of nitrogens with zero attached hydrogens (tertiary/aromatic N) is 2. The van der Waals surface area contributed by atoms with Crippen LogP contribution in [0.3, 0.4) is 0 Å². The molecule has 0 atom stereocenters. The molecule has 0 aliphatic rings. The third kappa shape index (κ3) is 5.18. The fourth-order valence-electron chi connectivity index (χ4n) is 2.09. The van der Waals surface area contributed by atoms with Gasteiger partial charge in [-0.25, -0.2) is 0 Å². The summed E-state index contributed by atoms with van der Waals surface area (Å²) >= 11 is 3.36. The number of rotatable bonds is 7. The second kappa shape index (κ2) is 8.48. The average molecular weight is 409 g/mol. The van der Waals surface area contributed by atoms with Gasteiger partial charge in [0.15, 0.2) is 12.4 Å². The van der Waals surface area contributed by atoms with E-state index in [0.29, 0.717) is 12.3 Å². The summed E-state index contributed by atoms with van der Waals surface area (Å²) in [5.41, 5.74) is 0.720. The highest BCUT2D eigenvalue weighted by Gasteiger charge is 2.18. The molecule has 0 unspecified atom stereocenters. The number of benzene rings is 2. The maximum absolute atomic E-state index is 12.2. The Balaban J connectivity index is 1.99. The van der Waals surface area contributed by atoms with Crippen molar-refractivity contribution in [1.29, 1.82) is 0 Å². The van der Waals surface area contributed by atoms with E-state index in [0.717, 1.165) is 10.0 Å². The van der Waals surface area contributed by atoms with E-state index in [9.17, 15) is 14.9 Å². The quantitative estimate of drug-likeness (QED) is 0.517. The Morgan fingerprint density at radius 2 is 1.92 bits per heavy atom. The van der Waals surface area contributed by atoms with Gasteiger partial charge in [0.1, 0.15) is 5.75 Å². The van der Waals surface area contributed by atoms with Crippen LogP contribution >= 0.6 is 15.9 Å². The van der Waals surface area contributed by atoms with E-state index in [1.165, 1.54) is 24.1 Å². The minimum Gasteiger partial charge on any atom is -0.496 e. The number of halogens is 1. The molecular formula is C17H17BrN2O5. The normalized spacial score (nSPS) is 10.2. The number of amides is 1. The van der Waals surface area contributed by atoms with Gasteiger partial charge in [-0.05, 0) is 29.8 Å². The zero-order valence-electron chi connectivity index (χ0n) is 13.8. The Morgan fingerprint density at radius 3 is 2.52 bits per heavy atom. The van der Waals surface area contributed by atoms with Crippen LogP contribution in [0.15, 0.2) is 46.9 Å². The van der Waals surface area contributed by atoms with E-state index in [4.69, 9.17) is 9.47 Å². The second-order valence-corrected chi connectivity index (χ2v) is 6.17. The molecule has 0 fully saturated rings. The van der Waals surface area contributed by atoms with Crippen LogP contribution in [-0.4, -0.2) is 36.5 Å². The summed E-state index contributed by atoms with van der Waals surface area (Å²) in [6, 6.07) is 11.8. The van der Waals surface area contributed by atoms with Crippen molar-refractivity contribution in [2.24, 2.45) is 0 Å². The van der Waals surface area contributed by atoms with Crippen LogP contribution in [0.4, 0.5) is 5.69 Å². The van der Waals surface area contributed by atoms with Gasteiger partial charge in [-0.15, -0.1) is 0 Å². The van der Waals surface area contributed by atoms with Crippen molar-refractivity contribution in [1.82, 2.24) is 4.90 Å². The lowest BCUT2D eigenvalue weighted by atomic mass is 10.2. The fraction of sp³-hybridized carbons (Fsp3) is 0.235. The van der Waals surface area contributed by atoms with Crippen molar-refractivity contribution in [2.75, 3.05) is 20.8 Å². The molecule has 0 aliphatic heterocycles. The average Bonchev–Trinajstić information content (AvgIpc) is 2.61. The number of hydrogen-bond acceptors (Lipinski definition) is 5. The van der Waals surface area contributed by atoms with Gasteiger partial charge in [0.05, 0.1) is 18.1 Å². The Kier molecular flexibility index (Phi) is 6.35. The predicted molar refractivity (Wildman–Crippen MR) is 95.8 cm³/mol. The molecule has 0 aliphatic carbocycles. The number of carbonyl (C=O) groups is 1. The molecule has 0 saturated heterocycles. The van der Waals surface area contributed by atoms with Crippen molar-refractivity contribution in [2.45, 2.75) is 6.54 Å². The molecule has 25 heavy (non-hydrogen) atoms. The molecule has 0 heterocycles. The molecule has 7 nitrogen and oxygen atoms in total. The molecule has 0 bridgehead atoms. The third-order valence-electron chi connectivity index (χ3n) is 3.47. The van der Waals surface area contributed by atoms with Crippen LogP contribution in [0.25, 0.3) is 0 Å². The van der Waals surface area contributed by atoms with Gasteiger partial charge >= 0.3 is 5.69 Å². The van der Waals surface area contributed by atoms with Crippen molar-refractivity contribution in [3.63, 3.8) is 0 Å². The van der Waals surface area contributed by atoms with Crippen molar-refractivity contribution in [3.05, 3.63) is 62.6 Å². The molecule has 8 heteroatoms. The monoisotopic (exact) mass is 408 g/mol. The van der Waals surface area contributed by atoms with Crippen molar-refractivity contribution >= 4 is 27.5 Å². The Bertz CT molecular complexity index is 764. The van der Waals surface area contributed by atoms with E-state index >= 15 is 0 Å². The van der Waals surface area contributed by atoms with Crippen LogP contribution in [0.1, 0.15) is 5.56 Å². The number of hydrogen-bond donors (Lipinski definition) is 0. The molecule has 0 spiro atoms. The van der Waals surface area contributed by atoms with Gasteiger partial charge in [-0.3, -0.25) is 14.9 Å². The first kappa shape index (κ1) is 18.7. The topological polar surface area (TPSA) is 81.9 Å². The summed E-state index contributed by atoms with van der Waals surface area (Å²) in [6.07, 6.45) is 0. The van der Waals surface area contributed by atoms with Crippen molar-refractivity contribution in [3.8, 4) is 11.5 Å². The molecule has 132 valence electrons. The number of nitro groups is 1. The lowest BCUT2D eigenvalue weighted by molar-refractivity contribution is -0.385. The van der Waals surface area contributed by atoms with Gasteiger partial charge < -0.3 is 14.4 Å². The number of likely N-dealkylation sites (N-methyl/N-ethyl adjacent to an activating group) is 1. The second-order valence-electron chi connectivity index (χ2n) is 5.26. The van der Waals surface area contributed by atoms with Gasteiger partial charge in [0.2, 0.25) is 0 Å². The lowest BCUT2D eigenvalue weighted by Gasteiger charge is -2.17. The largest absolute Gasteiger partial charge is 0.496 e. The first-order chi connectivity index (χ1) is 11.9. The molecule has 0 radical (unpaired) electrons. The predicted octanol–water partition coefficient (Wildman–Crippen LogP) is 3.40. The SMILES string of the molecule is COc1ccc(OCC(=O)N(C)Cc2ccc(Br)cc2)c([N+](=O)[O-])c1. The number of ether oxygens (including phenoxy) is 2. The molecule has 2 aromatic rings. The summed E-state index contributed by atoms with van der Waals surface area (Å²) < 4.78 is 11.3. The minimum atomic E-state index is -0.576. The Labute approximate surface area is 153 Å². The Morgan fingerprint density at radius 1 is 1.24 bits per heavy atom. The molecular weight excluding hydrogens is 392 g/mol. The van der Waals surface area contributed by atoms with Crippen LogP contribution < -0.4 is 9.47 Å². The fourth-order valence-corrected chi connectivity index (χ4v) is 2.35. The van der Waals surface area contributed by atoms with E-state index < -0.39 is 4.92 Å². The number of carbonyl (C=O) groups excluding carboxylic acids is 1. The van der Waals surface area contributed by atoms with Gasteiger partial charge in [0.25, 0.3) is 5.91 Å². The Hall–Kier alpha value is -2.61. The molecule has 0 aromatic heterocycles.